The third kappa shape index (κ3) is 6.48. The van der Waals surface area contributed by atoms with Crippen LogP contribution in [0.2, 0.25) is 0 Å². The maximum atomic E-state index is 12.1. The highest BCUT2D eigenvalue weighted by atomic mass is 35.5. The van der Waals surface area contributed by atoms with Crippen molar-refractivity contribution in [3.05, 3.63) is 29.0 Å². The Balaban J connectivity index is 0.00000242. The van der Waals surface area contributed by atoms with E-state index in [1.54, 1.807) is 19.4 Å². The Morgan fingerprint density at radius 1 is 1.35 bits per heavy atom. The highest BCUT2D eigenvalue weighted by molar-refractivity contribution is 7.15. The van der Waals surface area contributed by atoms with Crippen LogP contribution >= 0.6 is 36.2 Å². The number of ether oxygens (including phenoxy) is 1. The monoisotopic (exact) mass is 381 g/mol. The Labute approximate surface area is 151 Å². The van der Waals surface area contributed by atoms with Gasteiger partial charge in [-0.05, 0) is 19.1 Å². The van der Waals surface area contributed by atoms with Crippen LogP contribution in [0.4, 0.5) is 0 Å². The molecule has 6 nitrogen and oxygen atoms in total. The third-order valence-electron chi connectivity index (χ3n) is 2.81. The number of hydrogen-bond donors (Lipinski definition) is 2. The van der Waals surface area contributed by atoms with Crippen molar-refractivity contribution >= 4 is 42.1 Å². The molecule has 0 aliphatic carbocycles. The van der Waals surface area contributed by atoms with Gasteiger partial charge in [0.1, 0.15) is 5.69 Å². The Hall–Kier alpha value is -1.12. The molecule has 0 spiro atoms. The van der Waals surface area contributed by atoms with E-state index in [9.17, 15) is 4.79 Å². The van der Waals surface area contributed by atoms with Crippen molar-refractivity contribution in [1.29, 1.82) is 0 Å². The summed E-state index contributed by atoms with van der Waals surface area (Å²) in [4.78, 5) is 17.3. The van der Waals surface area contributed by atoms with E-state index in [0.717, 1.165) is 16.4 Å². The van der Waals surface area contributed by atoms with Gasteiger partial charge in [-0.3, -0.25) is 4.79 Å². The molecule has 9 heteroatoms. The number of aryl methyl sites for hydroxylation is 1. The highest BCUT2D eigenvalue weighted by Gasteiger charge is 2.16. The average molecular weight is 382 g/mol. The minimum absolute atomic E-state index is 0. The molecule has 2 aromatic heterocycles. The number of carbonyl (C=O) groups excluding carboxylic acids is 1. The summed E-state index contributed by atoms with van der Waals surface area (Å²) in [6.07, 6.45) is 1.59. The predicted molar refractivity (Wildman–Crippen MR) is 96.1 cm³/mol. The van der Waals surface area contributed by atoms with E-state index in [1.165, 1.54) is 11.3 Å². The van der Waals surface area contributed by atoms with Gasteiger partial charge in [0.05, 0.1) is 12.9 Å². The normalized spacial score (nSPS) is 9.83. The van der Waals surface area contributed by atoms with Crippen LogP contribution in [0.5, 0.6) is 0 Å². The fourth-order valence-electron chi connectivity index (χ4n) is 1.76. The summed E-state index contributed by atoms with van der Waals surface area (Å²) in [7, 11) is 1.66. The van der Waals surface area contributed by atoms with Crippen LogP contribution in [-0.2, 0) is 4.74 Å². The van der Waals surface area contributed by atoms with Gasteiger partial charge < -0.3 is 19.8 Å². The standard InChI is InChI=1S/C14H19N3O3S.2ClH/c1-10-12(13(18)16-6-5-15-7-9-19-2)17-14(21-10)11-4-3-8-20-11;;/h3-4,8,15H,5-7,9H2,1-2H3,(H,16,18);2*1H. The SMILES string of the molecule is COCCNCCNC(=O)c1nc(-c2ccco2)sc1C.Cl.Cl. The molecular formula is C14H21Cl2N3O3S. The van der Waals surface area contributed by atoms with Gasteiger partial charge in [0.2, 0.25) is 0 Å². The van der Waals surface area contributed by atoms with E-state index in [4.69, 9.17) is 9.15 Å². The molecule has 0 radical (unpaired) electrons. The molecule has 2 heterocycles. The number of thiazole rings is 1. The lowest BCUT2D eigenvalue weighted by Gasteiger charge is -2.05. The topological polar surface area (TPSA) is 76.4 Å². The lowest BCUT2D eigenvalue weighted by atomic mass is 10.3. The summed E-state index contributed by atoms with van der Waals surface area (Å²) in [5.74, 6) is 0.526. The second-order valence-electron chi connectivity index (χ2n) is 4.40. The molecule has 0 fully saturated rings. The molecule has 2 aromatic rings. The molecule has 23 heavy (non-hydrogen) atoms. The van der Waals surface area contributed by atoms with Crippen molar-refractivity contribution in [3.63, 3.8) is 0 Å². The molecule has 0 atom stereocenters. The first kappa shape index (κ1) is 21.9. The number of hydrogen-bond acceptors (Lipinski definition) is 6. The van der Waals surface area contributed by atoms with Crippen molar-refractivity contribution in [2.45, 2.75) is 6.92 Å². The van der Waals surface area contributed by atoms with Crippen LogP contribution in [0.3, 0.4) is 0 Å². The van der Waals surface area contributed by atoms with Crippen LogP contribution in [0, 0.1) is 6.92 Å². The quantitative estimate of drug-likeness (QED) is 0.687. The number of methoxy groups -OCH3 is 1. The first-order valence-electron chi connectivity index (χ1n) is 6.71. The van der Waals surface area contributed by atoms with E-state index in [-0.39, 0.29) is 30.7 Å². The van der Waals surface area contributed by atoms with Crippen LogP contribution in [0.1, 0.15) is 15.4 Å². The minimum atomic E-state index is -0.157. The Kier molecular flexibility index (Phi) is 10.9. The molecule has 0 saturated heterocycles. The summed E-state index contributed by atoms with van der Waals surface area (Å²) in [5, 5.41) is 6.73. The van der Waals surface area contributed by atoms with Crippen LogP contribution < -0.4 is 10.6 Å². The molecule has 130 valence electrons. The number of carbonyl (C=O) groups is 1. The third-order valence-corrected chi connectivity index (χ3v) is 3.80. The lowest BCUT2D eigenvalue weighted by molar-refractivity contribution is 0.0949. The summed E-state index contributed by atoms with van der Waals surface area (Å²) in [6, 6.07) is 3.64. The Morgan fingerprint density at radius 3 is 2.78 bits per heavy atom. The fraction of sp³-hybridized carbons (Fsp3) is 0.429. The van der Waals surface area contributed by atoms with Crippen molar-refractivity contribution in [2.24, 2.45) is 0 Å². The van der Waals surface area contributed by atoms with E-state index < -0.39 is 0 Å². The van der Waals surface area contributed by atoms with Crippen LogP contribution in [0.15, 0.2) is 22.8 Å². The van der Waals surface area contributed by atoms with Gasteiger partial charge in [0, 0.05) is 31.6 Å². The minimum Gasteiger partial charge on any atom is -0.462 e. The molecule has 1 amide bonds. The molecule has 0 saturated carbocycles. The highest BCUT2D eigenvalue weighted by Crippen LogP contribution is 2.27. The number of halogens is 2. The maximum absolute atomic E-state index is 12.1. The average Bonchev–Trinajstić information content (AvgIpc) is 3.11. The van der Waals surface area contributed by atoms with Crippen molar-refractivity contribution in [1.82, 2.24) is 15.6 Å². The van der Waals surface area contributed by atoms with Gasteiger partial charge >= 0.3 is 0 Å². The number of nitrogens with one attached hydrogen (secondary N) is 2. The van der Waals surface area contributed by atoms with E-state index >= 15 is 0 Å². The van der Waals surface area contributed by atoms with Gasteiger partial charge in [-0.1, -0.05) is 0 Å². The summed E-state index contributed by atoms with van der Waals surface area (Å²) in [6.45, 7) is 4.56. The van der Waals surface area contributed by atoms with Gasteiger partial charge in [0.25, 0.3) is 5.91 Å². The number of aromatic nitrogens is 1. The number of nitrogens with zero attached hydrogens (tertiary/aromatic N) is 1. The van der Waals surface area contributed by atoms with E-state index in [1.807, 2.05) is 13.0 Å². The zero-order chi connectivity index (χ0) is 15.1. The summed E-state index contributed by atoms with van der Waals surface area (Å²) >= 11 is 1.45. The Morgan fingerprint density at radius 2 is 2.13 bits per heavy atom. The Bertz CT molecular complexity index is 576. The van der Waals surface area contributed by atoms with Gasteiger partial charge in [-0.15, -0.1) is 36.2 Å². The number of furan rings is 1. The van der Waals surface area contributed by atoms with Gasteiger partial charge in [-0.2, -0.15) is 0 Å². The molecule has 2 N–H and O–H groups in total. The first-order chi connectivity index (χ1) is 10.2. The van der Waals surface area contributed by atoms with Crippen molar-refractivity contribution < 1.29 is 13.9 Å². The van der Waals surface area contributed by atoms with Crippen LogP contribution in [0.25, 0.3) is 10.8 Å². The molecule has 0 unspecified atom stereocenters. The molecule has 0 aliphatic heterocycles. The smallest absolute Gasteiger partial charge is 0.271 e. The zero-order valence-corrected chi connectivity index (χ0v) is 15.4. The molecule has 0 aromatic carbocycles. The molecule has 2 rings (SSSR count). The summed E-state index contributed by atoms with van der Waals surface area (Å²) < 4.78 is 10.2. The number of rotatable bonds is 8. The second kappa shape index (κ2) is 11.4. The van der Waals surface area contributed by atoms with Crippen molar-refractivity contribution in [3.8, 4) is 10.8 Å². The van der Waals surface area contributed by atoms with Crippen LogP contribution in [-0.4, -0.2) is 44.2 Å². The van der Waals surface area contributed by atoms with Crippen molar-refractivity contribution in [2.75, 3.05) is 33.4 Å². The first-order valence-corrected chi connectivity index (χ1v) is 7.53. The van der Waals surface area contributed by atoms with Gasteiger partial charge in [0.15, 0.2) is 10.8 Å². The molecule has 0 aliphatic rings. The fourth-order valence-corrected chi connectivity index (χ4v) is 2.64. The second-order valence-corrected chi connectivity index (χ2v) is 5.60. The van der Waals surface area contributed by atoms with E-state index in [2.05, 4.69) is 15.6 Å². The zero-order valence-electron chi connectivity index (χ0n) is 13.0. The largest absolute Gasteiger partial charge is 0.462 e. The lowest BCUT2D eigenvalue weighted by Crippen LogP contribution is -2.33. The molecular weight excluding hydrogens is 361 g/mol. The predicted octanol–water partition coefficient (Wildman–Crippen LogP) is 2.52. The summed E-state index contributed by atoms with van der Waals surface area (Å²) in [5.41, 5.74) is 0.461. The maximum Gasteiger partial charge on any atom is 0.271 e. The molecule has 0 bridgehead atoms. The van der Waals surface area contributed by atoms with E-state index in [0.29, 0.717) is 31.2 Å². The van der Waals surface area contributed by atoms with Gasteiger partial charge in [-0.25, -0.2) is 4.98 Å². The number of amides is 1.